The largest absolute Gasteiger partial charge is 0.435 e. The molecule has 22 heavy (non-hydrogen) atoms. The summed E-state index contributed by atoms with van der Waals surface area (Å²) in [5.74, 6) is 0.0985. The molecule has 0 unspecified atom stereocenters. The average Bonchev–Trinajstić information content (AvgIpc) is 2.49. The molecule has 0 aliphatic heterocycles. The summed E-state index contributed by atoms with van der Waals surface area (Å²) in [6.07, 6.45) is 1.52. The van der Waals surface area contributed by atoms with Crippen molar-refractivity contribution in [3.05, 3.63) is 60.2 Å². The van der Waals surface area contributed by atoms with E-state index in [0.717, 1.165) is 11.3 Å². The minimum atomic E-state index is -2.83. The summed E-state index contributed by atoms with van der Waals surface area (Å²) >= 11 is 5.08. The van der Waals surface area contributed by atoms with E-state index in [0.29, 0.717) is 5.11 Å². The van der Waals surface area contributed by atoms with Gasteiger partial charge in [0.1, 0.15) is 5.75 Å². The summed E-state index contributed by atoms with van der Waals surface area (Å²) in [5, 5.41) is 7.27. The predicted octanol–water partition coefficient (Wildman–Crippen LogP) is 3.61. The average molecular weight is 321 g/mol. The summed E-state index contributed by atoms with van der Waals surface area (Å²) in [7, 11) is 0. The SMILES string of the molecule is FC(F)Oc1ccc(C=NNC(=S)Nc2ccccc2)cc1. The van der Waals surface area contributed by atoms with Crippen molar-refractivity contribution in [1.82, 2.24) is 5.43 Å². The minimum Gasteiger partial charge on any atom is -0.435 e. The van der Waals surface area contributed by atoms with E-state index in [1.807, 2.05) is 30.3 Å². The zero-order valence-corrected chi connectivity index (χ0v) is 12.2. The zero-order valence-electron chi connectivity index (χ0n) is 11.4. The summed E-state index contributed by atoms with van der Waals surface area (Å²) in [4.78, 5) is 0. The van der Waals surface area contributed by atoms with Gasteiger partial charge in [-0.3, -0.25) is 5.43 Å². The van der Waals surface area contributed by atoms with Gasteiger partial charge in [0.15, 0.2) is 5.11 Å². The standard InChI is InChI=1S/C15H13F2N3OS/c16-14(17)21-13-8-6-11(7-9-13)10-18-20-15(22)19-12-4-2-1-3-5-12/h1-10,14H,(H2,19,20,22). The molecule has 0 saturated heterocycles. The second kappa shape index (κ2) is 8.04. The molecule has 0 spiro atoms. The molecule has 0 amide bonds. The molecule has 4 nitrogen and oxygen atoms in total. The van der Waals surface area contributed by atoms with Crippen molar-refractivity contribution >= 4 is 29.2 Å². The van der Waals surface area contributed by atoms with E-state index in [1.54, 1.807) is 12.1 Å². The molecule has 0 aliphatic rings. The number of hydrogen-bond acceptors (Lipinski definition) is 3. The fourth-order valence-electron chi connectivity index (χ4n) is 1.58. The number of halogens is 2. The van der Waals surface area contributed by atoms with Crippen LogP contribution in [0.25, 0.3) is 0 Å². The van der Waals surface area contributed by atoms with E-state index in [9.17, 15) is 8.78 Å². The second-order valence-electron chi connectivity index (χ2n) is 4.14. The highest BCUT2D eigenvalue weighted by molar-refractivity contribution is 7.80. The maximum absolute atomic E-state index is 12.0. The number of benzene rings is 2. The van der Waals surface area contributed by atoms with Crippen molar-refractivity contribution in [1.29, 1.82) is 0 Å². The van der Waals surface area contributed by atoms with E-state index in [4.69, 9.17) is 12.2 Å². The van der Waals surface area contributed by atoms with E-state index in [1.165, 1.54) is 18.3 Å². The molecule has 0 fully saturated rings. The number of nitrogens with one attached hydrogen (secondary N) is 2. The van der Waals surface area contributed by atoms with Gasteiger partial charge in [-0.2, -0.15) is 13.9 Å². The number of ether oxygens (including phenoxy) is 1. The molecule has 0 radical (unpaired) electrons. The lowest BCUT2D eigenvalue weighted by Gasteiger charge is -2.06. The van der Waals surface area contributed by atoms with E-state index >= 15 is 0 Å². The molecule has 2 rings (SSSR count). The first-order valence-corrected chi connectivity index (χ1v) is 6.74. The van der Waals surface area contributed by atoms with Crippen molar-refractivity contribution in [3.63, 3.8) is 0 Å². The van der Waals surface area contributed by atoms with Gasteiger partial charge in [-0.15, -0.1) is 0 Å². The molecule has 0 aliphatic carbocycles. The topological polar surface area (TPSA) is 45.6 Å². The van der Waals surface area contributed by atoms with E-state index < -0.39 is 6.61 Å². The summed E-state index contributed by atoms with van der Waals surface area (Å²) < 4.78 is 28.3. The maximum atomic E-state index is 12.0. The Bertz CT molecular complexity index is 633. The van der Waals surface area contributed by atoms with Crippen LogP contribution in [-0.4, -0.2) is 17.9 Å². The zero-order chi connectivity index (χ0) is 15.8. The van der Waals surface area contributed by atoms with Gasteiger partial charge in [-0.1, -0.05) is 18.2 Å². The number of thiocarbonyl (C=S) groups is 1. The maximum Gasteiger partial charge on any atom is 0.387 e. The summed E-state index contributed by atoms with van der Waals surface area (Å²) in [6.45, 7) is -2.83. The molecule has 7 heteroatoms. The third kappa shape index (κ3) is 5.45. The van der Waals surface area contributed by atoms with E-state index in [-0.39, 0.29) is 5.75 Å². The van der Waals surface area contributed by atoms with Gasteiger partial charge in [-0.05, 0) is 54.2 Å². The van der Waals surface area contributed by atoms with Gasteiger partial charge in [0.2, 0.25) is 0 Å². The van der Waals surface area contributed by atoms with Gasteiger partial charge in [0.25, 0.3) is 0 Å². The Balaban J connectivity index is 1.83. The Hall–Kier alpha value is -2.54. The molecule has 114 valence electrons. The smallest absolute Gasteiger partial charge is 0.387 e. The lowest BCUT2D eigenvalue weighted by molar-refractivity contribution is -0.0498. The predicted molar refractivity (Wildman–Crippen MR) is 86.5 cm³/mol. The van der Waals surface area contributed by atoms with Crippen LogP contribution in [0.5, 0.6) is 5.75 Å². The highest BCUT2D eigenvalue weighted by atomic mass is 32.1. The number of anilines is 1. The van der Waals surface area contributed by atoms with Crippen molar-refractivity contribution < 1.29 is 13.5 Å². The van der Waals surface area contributed by atoms with Gasteiger partial charge in [0.05, 0.1) is 6.21 Å². The Morgan fingerprint density at radius 2 is 1.77 bits per heavy atom. The molecule has 0 aromatic heterocycles. The lowest BCUT2D eigenvalue weighted by Crippen LogP contribution is -2.23. The number of alkyl halides is 2. The van der Waals surface area contributed by atoms with Crippen LogP contribution in [-0.2, 0) is 0 Å². The van der Waals surface area contributed by atoms with Crippen LogP contribution in [0.2, 0.25) is 0 Å². The summed E-state index contributed by atoms with van der Waals surface area (Å²) in [6, 6.07) is 15.5. The van der Waals surface area contributed by atoms with Gasteiger partial charge in [-0.25, -0.2) is 0 Å². The fraction of sp³-hybridized carbons (Fsp3) is 0.0667. The van der Waals surface area contributed by atoms with Crippen LogP contribution in [0.15, 0.2) is 59.7 Å². The Morgan fingerprint density at radius 1 is 1.09 bits per heavy atom. The van der Waals surface area contributed by atoms with Crippen molar-refractivity contribution in [2.45, 2.75) is 6.61 Å². The number of hydrogen-bond donors (Lipinski definition) is 2. The van der Waals surface area contributed by atoms with Crippen LogP contribution < -0.4 is 15.5 Å². The first-order valence-electron chi connectivity index (χ1n) is 6.33. The highest BCUT2D eigenvalue weighted by Crippen LogP contribution is 2.13. The van der Waals surface area contributed by atoms with Crippen molar-refractivity contribution in [2.75, 3.05) is 5.32 Å². The van der Waals surface area contributed by atoms with Crippen molar-refractivity contribution in [2.24, 2.45) is 5.10 Å². The Morgan fingerprint density at radius 3 is 2.41 bits per heavy atom. The molecular weight excluding hydrogens is 308 g/mol. The van der Waals surface area contributed by atoms with Crippen molar-refractivity contribution in [3.8, 4) is 5.75 Å². The monoisotopic (exact) mass is 321 g/mol. The van der Waals surface area contributed by atoms with Gasteiger partial charge >= 0.3 is 6.61 Å². The minimum absolute atomic E-state index is 0.0985. The molecular formula is C15H13F2N3OS. The fourth-order valence-corrected chi connectivity index (χ4v) is 1.75. The molecule has 0 atom stereocenters. The third-order valence-corrected chi connectivity index (χ3v) is 2.71. The van der Waals surface area contributed by atoms with Crippen LogP contribution in [0.4, 0.5) is 14.5 Å². The van der Waals surface area contributed by atoms with E-state index in [2.05, 4.69) is 20.6 Å². The first-order chi connectivity index (χ1) is 10.6. The van der Waals surface area contributed by atoms with Crippen LogP contribution in [0.3, 0.4) is 0 Å². The quantitative estimate of drug-likeness (QED) is 0.502. The first kappa shape index (κ1) is 15.8. The Kier molecular flexibility index (Phi) is 5.79. The molecule has 0 heterocycles. The van der Waals surface area contributed by atoms with Crippen LogP contribution in [0, 0.1) is 0 Å². The molecule has 0 saturated carbocycles. The molecule has 0 bridgehead atoms. The van der Waals surface area contributed by atoms with Crippen LogP contribution in [0.1, 0.15) is 5.56 Å². The van der Waals surface area contributed by atoms with Crippen LogP contribution >= 0.6 is 12.2 Å². The number of nitrogens with zero attached hydrogens (tertiary/aromatic N) is 1. The lowest BCUT2D eigenvalue weighted by atomic mass is 10.2. The normalized spacial score (nSPS) is 10.7. The highest BCUT2D eigenvalue weighted by Gasteiger charge is 2.02. The number of hydrazone groups is 1. The number of para-hydroxylation sites is 1. The second-order valence-corrected chi connectivity index (χ2v) is 4.55. The Labute approximate surface area is 131 Å². The third-order valence-electron chi connectivity index (χ3n) is 2.52. The molecule has 2 aromatic carbocycles. The molecule has 2 aromatic rings. The summed E-state index contributed by atoms with van der Waals surface area (Å²) in [5.41, 5.74) is 4.23. The molecule has 2 N–H and O–H groups in total. The van der Waals surface area contributed by atoms with Gasteiger partial charge in [0, 0.05) is 5.69 Å². The number of rotatable bonds is 5. The van der Waals surface area contributed by atoms with Gasteiger partial charge < -0.3 is 10.1 Å².